The average Bonchev–Trinajstić information content (AvgIpc) is 2.28. The lowest BCUT2D eigenvalue weighted by atomic mass is 10.1. The number of phenolic OH excluding ortho intramolecular Hbond substituents is 1. The molecule has 0 fully saturated rings. The molecule has 0 aliphatic rings. The summed E-state index contributed by atoms with van der Waals surface area (Å²) in [5.74, 6) is -1.27. The molecule has 5 heteroatoms. The van der Waals surface area contributed by atoms with Crippen LogP contribution in [0.1, 0.15) is 31.9 Å². The van der Waals surface area contributed by atoms with E-state index in [1.165, 1.54) is 12.1 Å². The van der Waals surface area contributed by atoms with Crippen LogP contribution < -0.4 is 5.32 Å². The quantitative estimate of drug-likeness (QED) is 0.765. The van der Waals surface area contributed by atoms with Crippen molar-refractivity contribution in [2.24, 2.45) is 0 Å². The molecule has 0 bridgehead atoms. The molecule has 1 aromatic rings. The number of halogens is 1. The molecule has 2 N–H and O–H groups in total. The normalized spacial score (nSPS) is 12.2. The Kier molecular flexibility index (Phi) is 5.58. The molecule has 0 saturated carbocycles. The smallest absolute Gasteiger partial charge is 0.327 e. The minimum atomic E-state index is -0.758. The minimum absolute atomic E-state index is 0.211. The fraction of sp³-hybridized carbons (Fsp3) is 0.462. The lowest BCUT2D eigenvalue weighted by molar-refractivity contribution is -0.145. The maximum Gasteiger partial charge on any atom is 0.327 e. The fourth-order valence-electron chi connectivity index (χ4n) is 1.61. The number of ether oxygens (including phenoxy) is 1. The molecule has 0 spiro atoms. The number of nitrogens with one attached hydrogen (secondary N) is 1. The predicted octanol–water partition coefficient (Wildman–Crippen LogP) is 2.14. The third kappa shape index (κ3) is 4.00. The second-order valence-corrected chi connectivity index (χ2v) is 3.88. The molecule has 0 heterocycles. The van der Waals surface area contributed by atoms with Crippen LogP contribution in [0.3, 0.4) is 0 Å². The summed E-state index contributed by atoms with van der Waals surface area (Å²) in [6, 6.07) is 2.80. The van der Waals surface area contributed by atoms with Crippen molar-refractivity contribution in [3.05, 3.63) is 29.6 Å². The van der Waals surface area contributed by atoms with Gasteiger partial charge in [0.05, 0.1) is 6.61 Å². The number of carbonyl (C=O) groups excluding carboxylic acids is 1. The van der Waals surface area contributed by atoms with Gasteiger partial charge in [-0.3, -0.25) is 0 Å². The number of hydrogen-bond donors (Lipinski definition) is 2. The lowest BCUT2D eigenvalue weighted by Crippen LogP contribution is -2.30. The van der Waals surface area contributed by atoms with E-state index in [-0.39, 0.29) is 12.4 Å². The molecule has 0 aliphatic carbocycles. The zero-order chi connectivity index (χ0) is 13.5. The molecule has 4 nitrogen and oxygen atoms in total. The Hall–Kier alpha value is -1.62. The summed E-state index contributed by atoms with van der Waals surface area (Å²) in [6.45, 7) is 4.52. The van der Waals surface area contributed by atoms with Gasteiger partial charge in [0.1, 0.15) is 17.6 Å². The van der Waals surface area contributed by atoms with Gasteiger partial charge in [-0.2, -0.15) is 0 Å². The van der Waals surface area contributed by atoms with E-state index in [0.717, 1.165) is 12.5 Å². The van der Waals surface area contributed by atoms with Crippen molar-refractivity contribution >= 4 is 5.97 Å². The van der Waals surface area contributed by atoms with Crippen LogP contribution in [0.2, 0.25) is 0 Å². The first kappa shape index (κ1) is 14.4. The molecule has 1 unspecified atom stereocenters. The van der Waals surface area contributed by atoms with Crippen molar-refractivity contribution in [1.82, 2.24) is 5.32 Å². The Morgan fingerprint density at radius 1 is 1.44 bits per heavy atom. The molecular formula is C13H18FNO3. The van der Waals surface area contributed by atoms with Crippen LogP contribution in [0.25, 0.3) is 0 Å². The van der Waals surface area contributed by atoms with E-state index in [2.05, 4.69) is 5.32 Å². The van der Waals surface area contributed by atoms with Gasteiger partial charge >= 0.3 is 5.97 Å². The highest BCUT2D eigenvalue weighted by molar-refractivity contribution is 5.77. The Balaban J connectivity index is 2.96. The van der Waals surface area contributed by atoms with Gasteiger partial charge in [-0.05, 0) is 37.6 Å². The van der Waals surface area contributed by atoms with Gasteiger partial charge in [0.15, 0.2) is 0 Å². The molecule has 18 heavy (non-hydrogen) atoms. The summed E-state index contributed by atoms with van der Waals surface area (Å²) < 4.78 is 18.1. The SMILES string of the molecule is CCCNC(C(=O)OCC)c1cc(O)cc(F)c1. The molecule has 0 amide bonds. The fourth-order valence-corrected chi connectivity index (χ4v) is 1.61. The van der Waals surface area contributed by atoms with Crippen LogP contribution in [0.4, 0.5) is 4.39 Å². The number of phenols is 1. The van der Waals surface area contributed by atoms with Crippen molar-refractivity contribution in [2.45, 2.75) is 26.3 Å². The summed E-state index contributed by atoms with van der Waals surface area (Å²) in [4.78, 5) is 11.8. The van der Waals surface area contributed by atoms with E-state index >= 15 is 0 Å². The number of carbonyl (C=O) groups is 1. The molecule has 0 aliphatic heterocycles. The van der Waals surface area contributed by atoms with Gasteiger partial charge in [-0.1, -0.05) is 6.92 Å². The number of esters is 1. The summed E-state index contributed by atoms with van der Waals surface area (Å²) >= 11 is 0. The standard InChI is InChI=1S/C13H18FNO3/c1-3-5-15-12(13(17)18-4-2)9-6-10(14)8-11(16)7-9/h6-8,12,15-16H,3-5H2,1-2H3. The van der Waals surface area contributed by atoms with Gasteiger partial charge in [-0.25, -0.2) is 9.18 Å². The van der Waals surface area contributed by atoms with Gasteiger partial charge in [0.2, 0.25) is 0 Å². The zero-order valence-electron chi connectivity index (χ0n) is 10.6. The summed E-state index contributed by atoms with van der Waals surface area (Å²) in [5.41, 5.74) is 0.361. The maximum absolute atomic E-state index is 13.2. The molecule has 1 rings (SSSR count). The van der Waals surface area contributed by atoms with E-state index < -0.39 is 17.8 Å². The highest BCUT2D eigenvalue weighted by atomic mass is 19.1. The van der Waals surface area contributed by atoms with Crippen molar-refractivity contribution in [3.8, 4) is 5.75 Å². The van der Waals surface area contributed by atoms with Crippen LogP contribution in [0.15, 0.2) is 18.2 Å². The van der Waals surface area contributed by atoms with Crippen molar-refractivity contribution < 1.29 is 19.0 Å². The van der Waals surface area contributed by atoms with Crippen LogP contribution in [-0.4, -0.2) is 24.2 Å². The van der Waals surface area contributed by atoms with E-state index in [0.29, 0.717) is 12.1 Å². The highest BCUT2D eigenvalue weighted by Crippen LogP contribution is 2.21. The molecule has 0 radical (unpaired) electrons. The van der Waals surface area contributed by atoms with E-state index in [1.54, 1.807) is 6.92 Å². The number of benzene rings is 1. The predicted molar refractivity (Wildman–Crippen MR) is 65.7 cm³/mol. The average molecular weight is 255 g/mol. The molecule has 0 saturated heterocycles. The topological polar surface area (TPSA) is 58.6 Å². The van der Waals surface area contributed by atoms with Crippen LogP contribution in [0, 0.1) is 5.82 Å². The summed E-state index contributed by atoms with van der Waals surface area (Å²) in [5, 5.41) is 12.3. The number of hydrogen-bond acceptors (Lipinski definition) is 4. The number of rotatable bonds is 6. The largest absolute Gasteiger partial charge is 0.508 e. The minimum Gasteiger partial charge on any atom is -0.508 e. The van der Waals surface area contributed by atoms with Gasteiger partial charge in [0, 0.05) is 6.07 Å². The first-order valence-electron chi connectivity index (χ1n) is 5.98. The van der Waals surface area contributed by atoms with Crippen molar-refractivity contribution in [2.75, 3.05) is 13.2 Å². The van der Waals surface area contributed by atoms with Crippen molar-refractivity contribution in [1.29, 1.82) is 0 Å². The number of aromatic hydroxyl groups is 1. The Bertz CT molecular complexity index is 389. The summed E-state index contributed by atoms with van der Waals surface area (Å²) in [7, 11) is 0. The molecule has 0 aromatic heterocycles. The van der Waals surface area contributed by atoms with Crippen LogP contribution in [0.5, 0.6) is 5.75 Å². The molecule has 1 aromatic carbocycles. The Morgan fingerprint density at radius 2 is 2.17 bits per heavy atom. The molecular weight excluding hydrogens is 237 g/mol. The van der Waals surface area contributed by atoms with Gasteiger partial charge in [0.25, 0.3) is 0 Å². The van der Waals surface area contributed by atoms with E-state index in [4.69, 9.17) is 4.74 Å². The first-order chi connectivity index (χ1) is 8.58. The van der Waals surface area contributed by atoms with Crippen molar-refractivity contribution in [3.63, 3.8) is 0 Å². The van der Waals surface area contributed by atoms with E-state index in [1.807, 2.05) is 6.92 Å². The monoisotopic (exact) mass is 255 g/mol. The maximum atomic E-state index is 13.2. The third-order valence-corrected chi connectivity index (χ3v) is 2.36. The van der Waals surface area contributed by atoms with Crippen LogP contribution in [-0.2, 0) is 9.53 Å². The zero-order valence-corrected chi connectivity index (χ0v) is 10.6. The van der Waals surface area contributed by atoms with Gasteiger partial charge in [-0.15, -0.1) is 0 Å². The molecule has 1 atom stereocenters. The second kappa shape index (κ2) is 6.96. The van der Waals surface area contributed by atoms with E-state index in [9.17, 15) is 14.3 Å². The summed E-state index contributed by atoms with van der Waals surface area (Å²) in [6.07, 6.45) is 0.831. The Morgan fingerprint density at radius 3 is 2.72 bits per heavy atom. The molecule has 100 valence electrons. The second-order valence-electron chi connectivity index (χ2n) is 3.88. The van der Waals surface area contributed by atoms with Crippen LogP contribution >= 0.6 is 0 Å². The lowest BCUT2D eigenvalue weighted by Gasteiger charge is -2.17. The Labute approximate surface area is 106 Å². The van der Waals surface area contributed by atoms with Gasteiger partial charge < -0.3 is 15.2 Å². The highest BCUT2D eigenvalue weighted by Gasteiger charge is 2.22. The third-order valence-electron chi connectivity index (χ3n) is 2.36. The first-order valence-corrected chi connectivity index (χ1v) is 5.98.